The van der Waals surface area contributed by atoms with Gasteiger partial charge in [-0.05, 0) is 18.1 Å². The summed E-state index contributed by atoms with van der Waals surface area (Å²) >= 11 is 0. The fourth-order valence-corrected chi connectivity index (χ4v) is 1.75. The molecular formula is C12H14O2. The Labute approximate surface area is 83.8 Å². The average molecular weight is 190 g/mol. The van der Waals surface area contributed by atoms with Crippen LogP contribution in [0.4, 0.5) is 0 Å². The van der Waals surface area contributed by atoms with Crippen LogP contribution in [-0.4, -0.2) is 17.8 Å². The van der Waals surface area contributed by atoms with Crippen LogP contribution < -0.4 is 0 Å². The lowest BCUT2D eigenvalue weighted by atomic mass is 9.93. The number of aliphatic hydroxyl groups is 1. The molecule has 2 atom stereocenters. The largest absolute Gasteiger partial charge is 0.385 e. The van der Waals surface area contributed by atoms with E-state index in [0.29, 0.717) is 6.61 Å². The first kappa shape index (κ1) is 9.44. The normalized spacial score (nSPS) is 24.7. The number of aliphatic hydroxyl groups excluding tert-OH is 1. The highest BCUT2D eigenvalue weighted by atomic mass is 16.5. The first-order valence-electron chi connectivity index (χ1n) is 4.89. The van der Waals surface area contributed by atoms with Gasteiger partial charge in [-0.3, -0.25) is 0 Å². The number of fused-ring (bicyclic) bond motifs is 1. The molecule has 0 bridgehead atoms. The third kappa shape index (κ3) is 1.59. The standard InChI is InChI=1S/C12H14O2/c1-2-14-11-8-7-9-5-3-4-6-10(9)12(11)13/h3-8,11-13H,2H2,1H3/t11-,12-/m1/s1. The van der Waals surface area contributed by atoms with Crippen LogP contribution in [0.15, 0.2) is 30.3 Å². The van der Waals surface area contributed by atoms with E-state index in [9.17, 15) is 5.11 Å². The molecule has 0 saturated carbocycles. The van der Waals surface area contributed by atoms with Crippen molar-refractivity contribution < 1.29 is 9.84 Å². The summed E-state index contributed by atoms with van der Waals surface area (Å²) in [5.74, 6) is 0. The predicted octanol–water partition coefficient (Wildman–Crippen LogP) is 2.15. The van der Waals surface area contributed by atoms with Gasteiger partial charge in [0.2, 0.25) is 0 Å². The molecule has 2 heteroatoms. The summed E-state index contributed by atoms with van der Waals surface area (Å²) in [4.78, 5) is 0. The third-order valence-corrected chi connectivity index (χ3v) is 2.45. The van der Waals surface area contributed by atoms with Crippen LogP contribution in [0.3, 0.4) is 0 Å². The minimum absolute atomic E-state index is 0.199. The van der Waals surface area contributed by atoms with E-state index in [0.717, 1.165) is 11.1 Å². The molecule has 0 aliphatic heterocycles. The second-order valence-corrected chi connectivity index (χ2v) is 3.35. The molecule has 0 spiro atoms. The van der Waals surface area contributed by atoms with E-state index in [-0.39, 0.29) is 6.10 Å². The summed E-state index contributed by atoms with van der Waals surface area (Å²) in [6.45, 7) is 2.55. The molecular weight excluding hydrogens is 176 g/mol. The minimum Gasteiger partial charge on any atom is -0.385 e. The first-order chi connectivity index (χ1) is 6.83. The third-order valence-electron chi connectivity index (χ3n) is 2.45. The number of ether oxygens (including phenoxy) is 1. The Bertz CT molecular complexity index is 344. The number of hydrogen-bond acceptors (Lipinski definition) is 2. The van der Waals surface area contributed by atoms with E-state index in [1.807, 2.05) is 43.3 Å². The zero-order valence-electron chi connectivity index (χ0n) is 8.18. The fourth-order valence-electron chi connectivity index (χ4n) is 1.75. The highest BCUT2D eigenvalue weighted by Gasteiger charge is 2.23. The molecule has 1 aliphatic rings. The van der Waals surface area contributed by atoms with E-state index in [4.69, 9.17) is 4.74 Å². The summed E-state index contributed by atoms with van der Waals surface area (Å²) < 4.78 is 5.42. The summed E-state index contributed by atoms with van der Waals surface area (Å²) in [6, 6.07) is 7.84. The van der Waals surface area contributed by atoms with Gasteiger partial charge in [0.1, 0.15) is 12.2 Å². The van der Waals surface area contributed by atoms with Crippen LogP contribution in [-0.2, 0) is 4.74 Å². The van der Waals surface area contributed by atoms with E-state index in [2.05, 4.69) is 0 Å². The van der Waals surface area contributed by atoms with Gasteiger partial charge in [-0.25, -0.2) is 0 Å². The van der Waals surface area contributed by atoms with E-state index >= 15 is 0 Å². The zero-order chi connectivity index (χ0) is 9.97. The molecule has 0 aromatic heterocycles. The summed E-state index contributed by atoms with van der Waals surface area (Å²) in [5, 5.41) is 9.98. The summed E-state index contributed by atoms with van der Waals surface area (Å²) in [5.41, 5.74) is 2.03. The highest BCUT2D eigenvalue weighted by Crippen LogP contribution is 2.29. The van der Waals surface area contributed by atoms with Crippen molar-refractivity contribution in [2.75, 3.05) is 6.61 Å². The van der Waals surface area contributed by atoms with Gasteiger partial charge >= 0.3 is 0 Å². The fraction of sp³-hybridized carbons (Fsp3) is 0.333. The molecule has 0 amide bonds. The van der Waals surface area contributed by atoms with E-state index in [1.165, 1.54) is 0 Å². The van der Waals surface area contributed by atoms with E-state index < -0.39 is 6.10 Å². The van der Waals surface area contributed by atoms with Crippen molar-refractivity contribution in [2.45, 2.75) is 19.1 Å². The zero-order valence-corrected chi connectivity index (χ0v) is 8.18. The lowest BCUT2D eigenvalue weighted by Gasteiger charge is -2.25. The van der Waals surface area contributed by atoms with Gasteiger partial charge in [-0.15, -0.1) is 0 Å². The maximum absolute atomic E-state index is 9.98. The Morgan fingerprint density at radius 3 is 2.93 bits per heavy atom. The van der Waals surface area contributed by atoms with Gasteiger partial charge in [0.25, 0.3) is 0 Å². The molecule has 14 heavy (non-hydrogen) atoms. The molecule has 0 heterocycles. The predicted molar refractivity (Wildman–Crippen MR) is 55.8 cm³/mol. The summed E-state index contributed by atoms with van der Waals surface area (Å²) in [6.07, 6.45) is 3.19. The number of hydrogen-bond donors (Lipinski definition) is 1. The van der Waals surface area contributed by atoms with Crippen LogP contribution in [0.5, 0.6) is 0 Å². The molecule has 1 aromatic rings. The van der Waals surface area contributed by atoms with Crippen LogP contribution in [0.2, 0.25) is 0 Å². The average Bonchev–Trinajstić information content (AvgIpc) is 2.23. The van der Waals surface area contributed by atoms with Crippen molar-refractivity contribution >= 4 is 6.08 Å². The molecule has 0 unspecified atom stereocenters. The number of benzene rings is 1. The van der Waals surface area contributed by atoms with Gasteiger partial charge in [0.05, 0.1) is 0 Å². The topological polar surface area (TPSA) is 29.5 Å². The number of rotatable bonds is 2. The molecule has 2 rings (SSSR count). The Morgan fingerprint density at radius 2 is 2.14 bits per heavy atom. The lowest BCUT2D eigenvalue weighted by Crippen LogP contribution is -2.23. The Balaban J connectivity index is 2.30. The molecule has 0 fully saturated rings. The van der Waals surface area contributed by atoms with Crippen molar-refractivity contribution in [3.63, 3.8) is 0 Å². The van der Waals surface area contributed by atoms with Crippen molar-refractivity contribution in [1.29, 1.82) is 0 Å². The molecule has 0 saturated heterocycles. The molecule has 74 valence electrons. The van der Waals surface area contributed by atoms with Crippen LogP contribution >= 0.6 is 0 Å². The van der Waals surface area contributed by atoms with Gasteiger partial charge in [-0.1, -0.05) is 36.4 Å². The first-order valence-corrected chi connectivity index (χ1v) is 4.89. The molecule has 1 aliphatic carbocycles. The van der Waals surface area contributed by atoms with Crippen molar-refractivity contribution in [1.82, 2.24) is 0 Å². The Kier molecular flexibility index (Phi) is 2.66. The molecule has 1 N–H and O–H groups in total. The molecule has 0 radical (unpaired) electrons. The highest BCUT2D eigenvalue weighted by molar-refractivity contribution is 5.58. The van der Waals surface area contributed by atoms with Crippen LogP contribution in [0.25, 0.3) is 6.08 Å². The second kappa shape index (κ2) is 3.95. The van der Waals surface area contributed by atoms with Gasteiger partial charge in [0.15, 0.2) is 0 Å². The summed E-state index contributed by atoms with van der Waals surface area (Å²) in [7, 11) is 0. The molecule has 1 aromatic carbocycles. The lowest BCUT2D eigenvalue weighted by molar-refractivity contribution is -0.00669. The quantitative estimate of drug-likeness (QED) is 0.774. The van der Waals surface area contributed by atoms with Gasteiger partial charge in [-0.2, -0.15) is 0 Å². The van der Waals surface area contributed by atoms with Crippen LogP contribution in [0.1, 0.15) is 24.2 Å². The molecule has 2 nitrogen and oxygen atoms in total. The maximum Gasteiger partial charge on any atom is 0.109 e. The Morgan fingerprint density at radius 1 is 1.36 bits per heavy atom. The van der Waals surface area contributed by atoms with Gasteiger partial charge < -0.3 is 9.84 Å². The van der Waals surface area contributed by atoms with Crippen LogP contribution in [0, 0.1) is 0 Å². The van der Waals surface area contributed by atoms with E-state index in [1.54, 1.807) is 0 Å². The van der Waals surface area contributed by atoms with Crippen molar-refractivity contribution in [2.24, 2.45) is 0 Å². The van der Waals surface area contributed by atoms with Crippen molar-refractivity contribution in [3.8, 4) is 0 Å². The minimum atomic E-state index is -0.531. The maximum atomic E-state index is 9.98. The SMILES string of the molecule is CCO[C@@H]1C=Cc2ccccc2[C@H]1O. The second-order valence-electron chi connectivity index (χ2n) is 3.35. The Hall–Kier alpha value is -1.12. The smallest absolute Gasteiger partial charge is 0.109 e. The monoisotopic (exact) mass is 190 g/mol. The van der Waals surface area contributed by atoms with Gasteiger partial charge in [0, 0.05) is 6.61 Å². The van der Waals surface area contributed by atoms with Crippen molar-refractivity contribution in [3.05, 3.63) is 41.5 Å².